The van der Waals surface area contributed by atoms with Gasteiger partial charge in [-0.25, -0.2) is 9.59 Å². The zero-order chi connectivity index (χ0) is 17.0. The molecule has 1 aliphatic carbocycles. The third kappa shape index (κ3) is 4.98. The Morgan fingerprint density at radius 1 is 1.17 bits per heavy atom. The summed E-state index contributed by atoms with van der Waals surface area (Å²) in [4.78, 5) is 25.2. The maximum Gasteiger partial charge on any atom is 0.410 e. The van der Waals surface area contributed by atoms with Gasteiger partial charge in [0.1, 0.15) is 5.60 Å². The molecule has 5 nitrogen and oxygen atoms in total. The highest BCUT2D eigenvalue weighted by Crippen LogP contribution is 2.26. The third-order valence-corrected chi connectivity index (χ3v) is 3.95. The summed E-state index contributed by atoms with van der Waals surface area (Å²) in [7, 11) is 0. The molecule has 1 N–H and O–H groups in total. The molecule has 1 saturated carbocycles. The lowest BCUT2D eigenvalue weighted by molar-refractivity contribution is 0.0144. The summed E-state index contributed by atoms with van der Waals surface area (Å²) in [5.41, 5.74) is 0.632. The lowest BCUT2D eigenvalue weighted by atomic mass is 10.1. The Labute approximate surface area is 137 Å². The van der Waals surface area contributed by atoms with Gasteiger partial charge in [-0.15, -0.1) is 0 Å². The molecule has 0 aliphatic heterocycles. The van der Waals surface area contributed by atoms with Gasteiger partial charge >= 0.3 is 12.1 Å². The minimum atomic E-state index is -0.948. The van der Waals surface area contributed by atoms with Crippen molar-refractivity contribution < 1.29 is 19.4 Å². The highest BCUT2D eigenvalue weighted by atomic mass is 16.6. The molecular formula is C18H25NO4. The van der Waals surface area contributed by atoms with E-state index in [9.17, 15) is 9.59 Å². The first-order valence-corrected chi connectivity index (χ1v) is 8.08. The number of hydrogen-bond donors (Lipinski definition) is 1. The van der Waals surface area contributed by atoms with Crippen molar-refractivity contribution in [2.45, 2.75) is 64.6 Å². The molecule has 1 amide bonds. The molecule has 0 unspecified atom stereocenters. The Kier molecular flexibility index (Phi) is 5.29. The van der Waals surface area contributed by atoms with E-state index < -0.39 is 11.6 Å². The number of carbonyl (C=O) groups is 2. The number of carboxylic acids is 1. The first-order chi connectivity index (χ1) is 10.8. The van der Waals surface area contributed by atoms with Gasteiger partial charge < -0.3 is 14.7 Å². The summed E-state index contributed by atoms with van der Waals surface area (Å²) >= 11 is 0. The van der Waals surface area contributed by atoms with E-state index >= 15 is 0 Å². The molecule has 0 heterocycles. The quantitative estimate of drug-likeness (QED) is 0.908. The van der Waals surface area contributed by atoms with Gasteiger partial charge in [0.05, 0.1) is 5.56 Å². The highest BCUT2D eigenvalue weighted by Gasteiger charge is 2.30. The van der Waals surface area contributed by atoms with Gasteiger partial charge in [-0.1, -0.05) is 25.0 Å². The standard InChI is InChI=1S/C18H25NO4/c1-18(2,3)23-17(22)19(15-6-4-5-7-15)12-13-8-10-14(11-9-13)16(20)21/h8-11,15H,4-7,12H2,1-3H3,(H,20,21). The predicted molar refractivity (Wildman–Crippen MR) is 87.4 cm³/mol. The van der Waals surface area contributed by atoms with Gasteiger partial charge in [-0.3, -0.25) is 0 Å². The van der Waals surface area contributed by atoms with Crippen molar-refractivity contribution in [3.8, 4) is 0 Å². The van der Waals surface area contributed by atoms with Crippen LogP contribution in [0, 0.1) is 0 Å². The number of rotatable bonds is 4. The molecule has 23 heavy (non-hydrogen) atoms. The Bertz CT molecular complexity index is 553. The first kappa shape index (κ1) is 17.3. The Balaban J connectivity index is 2.13. The van der Waals surface area contributed by atoms with Crippen LogP contribution in [-0.2, 0) is 11.3 Å². The van der Waals surface area contributed by atoms with Crippen LogP contribution in [0.15, 0.2) is 24.3 Å². The van der Waals surface area contributed by atoms with Crippen LogP contribution in [0.4, 0.5) is 4.79 Å². The second-order valence-corrected chi connectivity index (χ2v) is 7.05. The summed E-state index contributed by atoms with van der Waals surface area (Å²) in [6.07, 6.45) is 3.94. The number of hydrogen-bond acceptors (Lipinski definition) is 3. The number of nitrogens with zero attached hydrogens (tertiary/aromatic N) is 1. The lowest BCUT2D eigenvalue weighted by Crippen LogP contribution is -2.41. The van der Waals surface area contributed by atoms with Crippen LogP contribution in [0.2, 0.25) is 0 Å². The number of carbonyl (C=O) groups excluding carboxylic acids is 1. The van der Waals surface area contributed by atoms with Crippen molar-refractivity contribution in [2.24, 2.45) is 0 Å². The van der Waals surface area contributed by atoms with E-state index in [1.165, 1.54) is 0 Å². The SMILES string of the molecule is CC(C)(C)OC(=O)N(Cc1ccc(C(=O)O)cc1)C1CCCC1. The fraction of sp³-hybridized carbons (Fsp3) is 0.556. The van der Waals surface area contributed by atoms with E-state index in [1.54, 1.807) is 29.2 Å². The second-order valence-electron chi connectivity index (χ2n) is 7.05. The molecule has 0 bridgehead atoms. The molecule has 126 valence electrons. The number of carboxylic acid groups (broad SMARTS) is 1. The molecule has 2 rings (SSSR count). The summed E-state index contributed by atoms with van der Waals surface area (Å²) in [6, 6.07) is 6.86. The minimum absolute atomic E-state index is 0.198. The molecule has 5 heteroatoms. The smallest absolute Gasteiger partial charge is 0.410 e. The molecule has 0 saturated heterocycles. The van der Waals surface area contributed by atoms with Crippen LogP contribution in [0.5, 0.6) is 0 Å². The van der Waals surface area contributed by atoms with Gasteiger partial charge in [0, 0.05) is 12.6 Å². The molecule has 1 fully saturated rings. The fourth-order valence-electron chi connectivity index (χ4n) is 2.83. The molecule has 0 atom stereocenters. The van der Waals surface area contributed by atoms with Crippen molar-refractivity contribution >= 4 is 12.1 Å². The van der Waals surface area contributed by atoms with Gasteiger partial charge in [0.15, 0.2) is 0 Å². The summed E-state index contributed by atoms with van der Waals surface area (Å²) in [5, 5.41) is 8.96. The van der Waals surface area contributed by atoms with E-state index in [4.69, 9.17) is 9.84 Å². The molecule has 0 spiro atoms. The van der Waals surface area contributed by atoms with Crippen molar-refractivity contribution in [3.63, 3.8) is 0 Å². The molecule has 1 aromatic carbocycles. The predicted octanol–water partition coefficient (Wildman–Crippen LogP) is 4.06. The molecule has 0 radical (unpaired) electrons. The largest absolute Gasteiger partial charge is 0.478 e. The fourth-order valence-corrected chi connectivity index (χ4v) is 2.83. The molecule has 1 aliphatic rings. The lowest BCUT2D eigenvalue weighted by Gasteiger charge is -2.31. The Morgan fingerprint density at radius 2 is 1.74 bits per heavy atom. The van der Waals surface area contributed by atoms with E-state index in [0.717, 1.165) is 31.2 Å². The summed E-state index contributed by atoms with van der Waals surface area (Å²) < 4.78 is 5.54. The Morgan fingerprint density at radius 3 is 2.22 bits per heavy atom. The topological polar surface area (TPSA) is 66.8 Å². The van der Waals surface area contributed by atoms with Crippen LogP contribution in [-0.4, -0.2) is 33.7 Å². The van der Waals surface area contributed by atoms with Crippen molar-refractivity contribution in [3.05, 3.63) is 35.4 Å². The van der Waals surface area contributed by atoms with Crippen LogP contribution in [0.1, 0.15) is 62.4 Å². The maximum absolute atomic E-state index is 12.5. The van der Waals surface area contributed by atoms with Gasteiger partial charge in [0.2, 0.25) is 0 Å². The first-order valence-electron chi connectivity index (χ1n) is 8.08. The second kappa shape index (κ2) is 7.02. The van der Waals surface area contributed by atoms with Crippen molar-refractivity contribution in [1.82, 2.24) is 4.90 Å². The number of amides is 1. The van der Waals surface area contributed by atoms with E-state index in [1.807, 2.05) is 20.8 Å². The number of ether oxygens (including phenoxy) is 1. The maximum atomic E-state index is 12.5. The number of aromatic carboxylic acids is 1. The van der Waals surface area contributed by atoms with E-state index in [0.29, 0.717) is 6.54 Å². The molecule has 0 aromatic heterocycles. The number of benzene rings is 1. The molecule has 1 aromatic rings. The average molecular weight is 319 g/mol. The van der Waals surface area contributed by atoms with Crippen LogP contribution in [0.3, 0.4) is 0 Å². The normalized spacial score (nSPS) is 15.4. The van der Waals surface area contributed by atoms with E-state index in [2.05, 4.69) is 0 Å². The monoisotopic (exact) mass is 319 g/mol. The van der Waals surface area contributed by atoms with Gasteiger partial charge in [-0.2, -0.15) is 0 Å². The van der Waals surface area contributed by atoms with Crippen LogP contribution < -0.4 is 0 Å². The summed E-state index contributed by atoms with van der Waals surface area (Å²) in [6.45, 7) is 6.03. The third-order valence-electron chi connectivity index (χ3n) is 3.95. The Hall–Kier alpha value is -2.04. The van der Waals surface area contributed by atoms with Crippen LogP contribution in [0.25, 0.3) is 0 Å². The highest BCUT2D eigenvalue weighted by molar-refractivity contribution is 5.87. The zero-order valence-corrected chi connectivity index (χ0v) is 14.0. The molecular weight excluding hydrogens is 294 g/mol. The van der Waals surface area contributed by atoms with Gasteiger partial charge in [0.25, 0.3) is 0 Å². The zero-order valence-electron chi connectivity index (χ0n) is 14.0. The van der Waals surface area contributed by atoms with Crippen molar-refractivity contribution in [2.75, 3.05) is 0 Å². The van der Waals surface area contributed by atoms with Crippen LogP contribution >= 0.6 is 0 Å². The van der Waals surface area contributed by atoms with Gasteiger partial charge in [-0.05, 0) is 51.3 Å². The summed E-state index contributed by atoms with van der Waals surface area (Å²) in [5.74, 6) is -0.948. The minimum Gasteiger partial charge on any atom is -0.478 e. The van der Waals surface area contributed by atoms with Crippen molar-refractivity contribution in [1.29, 1.82) is 0 Å². The van der Waals surface area contributed by atoms with E-state index in [-0.39, 0.29) is 17.7 Å². The average Bonchev–Trinajstić information content (AvgIpc) is 2.97.